The average Bonchev–Trinajstić information content (AvgIpc) is 2.69. The zero-order chi connectivity index (χ0) is 17.5. The molecule has 2 amide bonds. The number of amides is 2. The van der Waals surface area contributed by atoms with E-state index in [4.69, 9.17) is 9.47 Å². The number of urea groups is 1. The van der Waals surface area contributed by atoms with Crippen LogP contribution in [0.2, 0.25) is 0 Å². The van der Waals surface area contributed by atoms with Crippen LogP contribution in [0.15, 0.2) is 24.3 Å². The Bertz CT molecular complexity index is 555. The summed E-state index contributed by atoms with van der Waals surface area (Å²) in [5, 5.41) is 3.04. The van der Waals surface area contributed by atoms with Gasteiger partial charge in [0.2, 0.25) is 0 Å². The zero-order valence-electron chi connectivity index (χ0n) is 14.9. The van der Waals surface area contributed by atoms with E-state index >= 15 is 0 Å². The molecule has 2 aliphatic rings. The van der Waals surface area contributed by atoms with Crippen LogP contribution in [-0.2, 0) is 4.74 Å². The van der Waals surface area contributed by atoms with Crippen LogP contribution < -0.4 is 15.0 Å². The van der Waals surface area contributed by atoms with Gasteiger partial charge in [-0.3, -0.25) is 4.90 Å². The summed E-state index contributed by atoms with van der Waals surface area (Å²) in [5.74, 6) is 0.862. The Morgan fingerprint density at radius 1 is 1.16 bits per heavy atom. The lowest BCUT2D eigenvalue weighted by Gasteiger charge is -2.36. The molecule has 0 aromatic heterocycles. The van der Waals surface area contributed by atoms with E-state index in [1.54, 1.807) is 7.11 Å². The van der Waals surface area contributed by atoms with Crippen molar-refractivity contribution in [3.05, 3.63) is 24.3 Å². The normalized spacial score (nSPS) is 18.9. The number of anilines is 1. The number of methoxy groups -OCH3 is 1. The van der Waals surface area contributed by atoms with Crippen LogP contribution in [0.1, 0.15) is 0 Å². The minimum atomic E-state index is 0.0403. The summed E-state index contributed by atoms with van der Waals surface area (Å²) in [5.41, 5.74) is 1.15. The highest BCUT2D eigenvalue weighted by Gasteiger charge is 2.21. The monoisotopic (exact) mass is 348 g/mol. The maximum atomic E-state index is 12.3. The van der Waals surface area contributed by atoms with Crippen LogP contribution in [0.25, 0.3) is 0 Å². The van der Waals surface area contributed by atoms with Gasteiger partial charge in [-0.1, -0.05) is 6.07 Å². The van der Waals surface area contributed by atoms with Gasteiger partial charge >= 0.3 is 6.03 Å². The van der Waals surface area contributed by atoms with Gasteiger partial charge in [0, 0.05) is 64.1 Å². The molecule has 7 nitrogen and oxygen atoms in total. The first-order valence-electron chi connectivity index (χ1n) is 8.98. The molecule has 0 unspecified atom stereocenters. The standard InChI is InChI=1S/C18H28N4O3/c1-24-17-4-2-3-16(15-17)21-7-9-22(10-8-21)18(23)19-5-6-20-11-13-25-14-12-20/h2-4,15H,5-14H2,1H3,(H,19,23). The third-order valence-electron chi connectivity index (χ3n) is 4.79. The number of morpholine rings is 1. The van der Waals surface area contributed by atoms with Crippen molar-refractivity contribution in [3.8, 4) is 5.75 Å². The summed E-state index contributed by atoms with van der Waals surface area (Å²) in [6.45, 7) is 8.22. The number of piperazine rings is 1. The molecular weight excluding hydrogens is 320 g/mol. The van der Waals surface area contributed by atoms with Crippen molar-refractivity contribution in [3.63, 3.8) is 0 Å². The molecule has 0 bridgehead atoms. The van der Waals surface area contributed by atoms with Gasteiger partial charge in [0.05, 0.1) is 20.3 Å². The second kappa shape index (κ2) is 8.92. The maximum Gasteiger partial charge on any atom is 0.317 e. The number of carbonyl (C=O) groups is 1. The molecule has 138 valence electrons. The van der Waals surface area contributed by atoms with E-state index in [0.717, 1.165) is 70.5 Å². The molecule has 1 aromatic carbocycles. The topological polar surface area (TPSA) is 57.3 Å². The van der Waals surface area contributed by atoms with Crippen LogP contribution in [0.4, 0.5) is 10.5 Å². The molecular formula is C18H28N4O3. The Morgan fingerprint density at radius 2 is 1.92 bits per heavy atom. The molecule has 2 saturated heterocycles. The van der Waals surface area contributed by atoms with Crippen molar-refractivity contribution in [2.24, 2.45) is 0 Å². The summed E-state index contributed by atoms with van der Waals surface area (Å²) >= 11 is 0. The lowest BCUT2D eigenvalue weighted by Crippen LogP contribution is -2.52. The van der Waals surface area contributed by atoms with Crippen LogP contribution in [0, 0.1) is 0 Å². The molecule has 2 aliphatic heterocycles. The molecule has 25 heavy (non-hydrogen) atoms. The fraction of sp³-hybridized carbons (Fsp3) is 0.611. The van der Waals surface area contributed by atoms with Gasteiger partial charge < -0.3 is 24.6 Å². The Morgan fingerprint density at radius 3 is 2.64 bits per heavy atom. The Kier molecular flexibility index (Phi) is 6.36. The van der Waals surface area contributed by atoms with Gasteiger partial charge in [-0.2, -0.15) is 0 Å². The maximum absolute atomic E-state index is 12.3. The van der Waals surface area contributed by atoms with Gasteiger partial charge in [-0.25, -0.2) is 4.79 Å². The molecule has 3 rings (SSSR count). The number of rotatable bonds is 5. The third-order valence-corrected chi connectivity index (χ3v) is 4.79. The molecule has 2 heterocycles. The van der Waals surface area contributed by atoms with E-state index in [-0.39, 0.29) is 6.03 Å². The molecule has 0 saturated carbocycles. The van der Waals surface area contributed by atoms with Crippen molar-refractivity contribution in [1.82, 2.24) is 15.1 Å². The summed E-state index contributed by atoms with van der Waals surface area (Å²) in [6, 6.07) is 8.11. The highest BCUT2D eigenvalue weighted by atomic mass is 16.5. The fourth-order valence-corrected chi connectivity index (χ4v) is 3.23. The molecule has 1 aromatic rings. The number of hydrogen-bond acceptors (Lipinski definition) is 5. The number of nitrogens with zero attached hydrogens (tertiary/aromatic N) is 3. The molecule has 0 radical (unpaired) electrons. The summed E-state index contributed by atoms with van der Waals surface area (Å²) in [7, 11) is 1.68. The Balaban J connectivity index is 1.39. The van der Waals surface area contributed by atoms with Crippen molar-refractivity contribution >= 4 is 11.7 Å². The molecule has 0 atom stereocenters. The van der Waals surface area contributed by atoms with E-state index in [2.05, 4.69) is 21.2 Å². The average molecular weight is 348 g/mol. The minimum Gasteiger partial charge on any atom is -0.497 e. The Labute approximate surface area is 149 Å². The predicted octanol–water partition coefficient (Wildman–Crippen LogP) is 0.859. The first-order valence-corrected chi connectivity index (χ1v) is 8.98. The van der Waals surface area contributed by atoms with E-state index in [1.807, 2.05) is 23.1 Å². The summed E-state index contributed by atoms with van der Waals surface area (Å²) < 4.78 is 10.6. The molecule has 0 spiro atoms. The zero-order valence-corrected chi connectivity index (χ0v) is 14.9. The van der Waals surface area contributed by atoms with Crippen LogP contribution in [0.3, 0.4) is 0 Å². The second-order valence-corrected chi connectivity index (χ2v) is 6.36. The van der Waals surface area contributed by atoms with Gasteiger partial charge in [0.25, 0.3) is 0 Å². The van der Waals surface area contributed by atoms with E-state index < -0.39 is 0 Å². The quantitative estimate of drug-likeness (QED) is 0.855. The largest absolute Gasteiger partial charge is 0.497 e. The summed E-state index contributed by atoms with van der Waals surface area (Å²) in [6.07, 6.45) is 0. The predicted molar refractivity (Wildman–Crippen MR) is 97.4 cm³/mol. The van der Waals surface area contributed by atoms with Crippen molar-refractivity contribution in [2.45, 2.75) is 0 Å². The van der Waals surface area contributed by atoms with Crippen molar-refractivity contribution in [2.75, 3.05) is 77.6 Å². The highest BCUT2D eigenvalue weighted by Crippen LogP contribution is 2.22. The van der Waals surface area contributed by atoms with Gasteiger partial charge in [-0.15, -0.1) is 0 Å². The van der Waals surface area contributed by atoms with Gasteiger partial charge in [0.1, 0.15) is 5.75 Å². The molecule has 1 N–H and O–H groups in total. The van der Waals surface area contributed by atoms with Crippen LogP contribution in [0.5, 0.6) is 5.75 Å². The number of hydrogen-bond donors (Lipinski definition) is 1. The molecule has 7 heteroatoms. The van der Waals surface area contributed by atoms with E-state index in [9.17, 15) is 4.79 Å². The minimum absolute atomic E-state index is 0.0403. The third kappa shape index (κ3) is 4.99. The lowest BCUT2D eigenvalue weighted by molar-refractivity contribution is 0.0386. The van der Waals surface area contributed by atoms with E-state index in [0.29, 0.717) is 6.54 Å². The van der Waals surface area contributed by atoms with Crippen molar-refractivity contribution in [1.29, 1.82) is 0 Å². The number of nitrogens with one attached hydrogen (secondary N) is 1. The SMILES string of the molecule is COc1cccc(N2CCN(C(=O)NCCN3CCOCC3)CC2)c1. The van der Waals surface area contributed by atoms with Crippen LogP contribution in [-0.4, -0.2) is 88.5 Å². The molecule has 2 fully saturated rings. The summed E-state index contributed by atoms with van der Waals surface area (Å²) in [4.78, 5) is 18.8. The van der Waals surface area contributed by atoms with Crippen molar-refractivity contribution < 1.29 is 14.3 Å². The molecule has 0 aliphatic carbocycles. The first-order chi connectivity index (χ1) is 12.3. The van der Waals surface area contributed by atoms with Gasteiger partial charge in [-0.05, 0) is 12.1 Å². The second-order valence-electron chi connectivity index (χ2n) is 6.36. The number of ether oxygens (including phenoxy) is 2. The number of carbonyl (C=O) groups excluding carboxylic acids is 1. The Hall–Kier alpha value is -1.99. The lowest BCUT2D eigenvalue weighted by atomic mass is 10.2. The van der Waals surface area contributed by atoms with Crippen LogP contribution >= 0.6 is 0 Å². The van der Waals surface area contributed by atoms with E-state index in [1.165, 1.54) is 0 Å². The smallest absolute Gasteiger partial charge is 0.317 e. The number of benzene rings is 1. The first kappa shape index (κ1) is 17.8. The fourth-order valence-electron chi connectivity index (χ4n) is 3.23. The van der Waals surface area contributed by atoms with Gasteiger partial charge in [0.15, 0.2) is 0 Å². The highest BCUT2D eigenvalue weighted by molar-refractivity contribution is 5.74.